The molecule has 5 nitrogen and oxygen atoms in total. The fourth-order valence-corrected chi connectivity index (χ4v) is 10.2. The Morgan fingerprint density at radius 1 is 0.957 bits per heavy atom. The van der Waals surface area contributed by atoms with Crippen LogP contribution in [0, 0.1) is 29.1 Å². The molecular weight excluding hydrogens is 578 g/mol. The molecule has 0 bridgehead atoms. The van der Waals surface area contributed by atoms with Crippen molar-refractivity contribution in [1.82, 2.24) is 5.32 Å². The highest BCUT2D eigenvalue weighted by Crippen LogP contribution is 2.64. The predicted molar refractivity (Wildman–Crippen MR) is 190 cm³/mol. The number of para-hydroxylation sites is 1. The number of nitrogens with one attached hydrogen (secondary N) is 1. The molecule has 4 heterocycles. The van der Waals surface area contributed by atoms with Crippen molar-refractivity contribution in [2.24, 2.45) is 34.8 Å². The molecule has 0 saturated carbocycles. The molecule has 1 saturated heterocycles. The third kappa shape index (κ3) is 4.32. The molecular formula is C42H47N3O2. The van der Waals surface area contributed by atoms with Gasteiger partial charge in [0.25, 0.3) is 0 Å². The van der Waals surface area contributed by atoms with E-state index >= 15 is 0 Å². The van der Waals surface area contributed by atoms with Crippen LogP contribution in [0.4, 0.5) is 5.69 Å². The number of nitrogens with zero attached hydrogens (tertiary/aromatic N) is 1. The normalized spacial score (nSPS) is 36.3. The molecule has 7 aliphatic rings. The Hall–Kier alpha value is -3.64. The maximum Gasteiger partial charge on any atom is 0.133 e. The van der Waals surface area contributed by atoms with E-state index in [1.807, 2.05) is 0 Å². The number of rotatable bonds is 5. The standard InChI is InChI=1S/C42H47N3O2/c1-27(10-9-22-43)41(2)21-19-34-40(25-41)47-38-16-8-5-13-32(38)42(34)31-12-4-7-15-37(31)46-39-24-28(17-18-33(39)42)45-35-14-6-3-11-29(35)30-26-44-23-20-36(30)45/h3-8,11-19,21,24,27,29,32,34-35,38,40,44H,9-10,20,22-23,25-26,43H2,1-2H3. The second-order valence-corrected chi connectivity index (χ2v) is 15.1. The van der Waals surface area contributed by atoms with E-state index < -0.39 is 0 Å². The zero-order valence-corrected chi connectivity index (χ0v) is 27.6. The average molecular weight is 626 g/mol. The molecule has 2 aromatic rings. The summed E-state index contributed by atoms with van der Waals surface area (Å²) in [5.41, 5.74) is 12.5. The Balaban J connectivity index is 1.21. The van der Waals surface area contributed by atoms with Crippen LogP contribution < -0.4 is 20.7 Å². The molecule has 2 aromatic carbocycles. The van der Waals surface area contributed by atoms with Crippen molar-refractivity contribution in [2.75, 3.05) is 24.5 Å². The molecule has 9 atom stereocenters. The summed E-state index contributed by atoms with van der Waals surface area (Å²) in [5, 5.41) is 3.63. The van der Waals surface area contributed by atoms with Gasteiger partial charge < -0.3 is 25.4 Å². The zero-order valence-electron chi connectivity index (χ0n) is 27.6. The summed E-state index contributed by atoms with van der Waals surface area (Å²) in [7, 11) is 0. The molecule has 242 valence electrons. The van der Waals surface area contributed by atoms with E-state index in [0.717, 1.165) is 56.8 Å². The first kappa shape index (κ1) is 29.5. The quantitative estimate of drug-likeness (QED) is 0.333. The van der Waals surface area contributed by atoms with E-state index in [-0.39, 0.29) is 34.9 Å². The van der Waals surface area contributed by atoms with Crippen LogP contribution >= 0.6 is 0 Å². The number of benzene rings is 2. The van der Waals surface area contributed by atoms with Gasteiger partial charge in [0.2, 0.25) is 0 Å². The second kappa shape index (κ2) is 11.2. The van der Waals surface area contributed by atoms with E-state index in [9.17, 15) is 0 Å². The first-order valence-corrected chi connectivity index (χ1v) is 17.9. The fraction of sp³-hybridized carbons (Fsp3) is 0.429. The van der Waals surface area contributed by atoms with E-state index in [1.54, 1.807) is 0 Å². The summed E-state index contributed by atoms with van der Waals surface area (Å²) in [4.78, 5) is 2.60. The largest absolute Gasteiger partial charge is 0.457 e. The maximum atomic E-state index is 7.14. The zero-order chi connectivity index (χ0) is 31.8. The van der Waals surface area contributed by atoms with Crippen LogP contribution in [0.2, 0.25) is 0 Å². The lowest BCUT2D eigenvalue weighted by Gasteiger charge is -2.59. The van der Waals surface area contributed by atoms with Crippen molar-refractivity contribution >= 4 is 5.69 Å². The van der Waals surface area contributed by atoms with E-state index in [0.29, 0.717) is 17.9 Å². The molecule has 9 unspecified atom stereocenters. The molecule has 1 fully saturated rings. The summed E-state index contributed by atoms with van der Waals surface area (Å²) in [6.45, 7) is 7.55. The number of hydrogen-bond acceptors (Lipinski definition) is 5. The molecule has 0 amide bonds. The third-order valence-corrected chi connectivity index (χ3v) is 12.7. The molecule has 1 spiro atoms. The van der Waals surface area contributed by atoms with Crippen LogP contribution in [0.15, 0.2) is 114 Å². The SMILES string of the molecule is CC(CCCN)C1(C)C=CC2C(C1)OC1C=CC=CC1C21c2ccccc2Oc2cc(N3C4=C(CNCC4)C4C=CC=CC43)ccc21. The van der Waals surface area contributed by atoms with Crippen molar-refractivity contribution in [2.45, 2.75) is 63.2 Å². The Labute approximate surface area is 279 Å². The molecule has 0 aromatic heterocycles. The van der Waals surface area contributed by atoms with Crippen LogP contribution in [0.1, 0.15) is 50.7 Å². The number of allylic oxidation sites excluding steroid dienone is 5. The summed E-state index contributed by atoms with van der Waals surface area (Å²) in [5.74, 6) is 3.22. The van der Waals surface area contributed by atoms with Crippen LogP contribution in [0.5, 0.6) is 11.5 Å². The maximum absolute atomic E-state index is 7.14. The first-order chi connectivity index (χ1) is 23.0. The lowest BCUT2D eigenvalue weighted by Crippen LogP contribution is -2.60. The number of nitrogens with two attached hydrogens (primary N) is 1. The minimum absolute atomic E-state index is 0.00372. The number of anilines is 1. The minimum Gasteiger partial charge on any atom is -0.457 e. The van der Waals surface area contributed by atoms with Crippen LogP contribution in [0.25, 0.3) is 0 Å². The van der Waals surface area contributed by atoms with E-state index in [4.69, 9.17) is 15.2 Å². The van der Waals surface area contributed by atoms with Gasteiger partial charge in [-0.2, -0.15) is 0 Å². The van der Waals surface area contributed by atoms with Gasteiger partial charge in [0.15, 0.2) is 0 Å². The van der Waals surface area contributed by atoms with Crippen molar-refractivity contribution in [3.63, 3.8) is 0 Å². The van der Waals surface area contributed by atoms with Crippen molar-refractivity contribution in [3.8, 4) is 11.5 Å². The minimum atomic E-state index is -0.323. The van der Waals surface area contributed by atoms with Gasteiger partial charge in [-0.3, -0.25) is 0 Å². The Kier molecular flexibility index (Phi) is 7.04. The van der Waals surface area contributed by atoms with Gasteiger partial charge in [-0.15, -0.1) is 0 Å². The molecule has 4 aliphatic heterocycles. The van der Waals surface area contributed by atoms with Gasteiger partial charge in [-0.05, 0) is 54.8 Å². The van der Waals surface area contributed by atoms with Crippen molar-refractivity contribution in [1.29, 1.82) is 0 Å². The Morgan fingerprint density at radius 3 is 2.70 bits per heavy atom. The second-order valence-electron chi connectivity index (χ2n) is 15.1. The highest BCUT2D eigenvalue weighted by molar-refractivity contribution is 5.69. The summed E-state index contributed by atoms with van der Waals surface area (Å²) >= 11 is 0. The lowest BCUT2D eigenvalue weighted by atomic mass is 9.50. The van der Waals surface area contributed by atoms with Gasteiger partial charge in [0.1, 0.15) is 11.5 Å². The van der Waals surface area contributed by atoms with Crippen molar-refractivity contribution < 1.29 is 9.47 Å². The smallest absolute Gasteiger partial charge is 0.133 e. The number of hydrogen-bond donors (Lipinski definition) is 2. The topological polar surface area (TPSA) is 59.8 Å². The fourth-order valence-electron chi connectivity index (χ4n) is 10.2. The molecule has 3 N–H and O–H groups in total. The predicted octanol–water partition coefficient (Wildman–Crippen LogP) is 7.72. The lowest BCUT2D eigenvalue weighted by molar-refractivity contribution is -0.125. The van der Waals surface area contributed by atoms with E-state index in [1.165, 1.54) is 28.1 Å². The van der Waals surface area contributed by atoms with Gasteiger partial charge in [0.05, 0.1) is 18.2 Å². The Bertz CT molecular complexity index is 1770. The van der Waals surface area contributed by atoms with Crippen LogP contribution in [-0.4, -0.2) is 37.9 Å². The van der Waals surface area contributed by atoms with E-state index in [2.05, 4.69) is 127 Å². The Morgan fingerprint density at radius 2 is 1.79 bits per heavy atom. The first-order valence-electron chi connectivity index (χ1n) is 17.9. The molecule has 0 radical (unpaired) electrons. The highest BCUT2D eigenvalue weighted by Gasteiger charge is 2.61. The van der Waals surface area contributed by atoms with Crippen LogP contribution in [-0.2, 0) is 10.2 Å². The summed E-state index contributed by atoms with van der Waals surface area (Å²) in [6, 6.07) is 16.2. The van der Waals surface area contributed by atoms with Gasteiger partial charge in [0, 0.05) is 71.3 Å². The van der Waals surface area contributed by atoms with Gasteiger partial charge in [-0.1, -0.05) is 98.9 Å². The third-order valence-electron chi connectivity index (χ3n) is 12.7. The van der Waals surface area contributed by atoms with Crippen LogP contribution in [0.3, 0.4) is 0 Å². The molecule has 3 aliphatic carbocycles. The molecule has 47 heavy (non-hydrogen) atoms. The summed E-state index contributed by atoms with van der Waals surface area (Å²) in [6.07, 6.45) is 27.7. The highest BCUT2D eigenvalue weighted by atomic mass is 16.5. The van der Waals surface area contributed by atoms with Gasteiger partial charge in [-0.25, -0.2) is 0 Å². The molecule has 9 rings (SSSR count). The number of fused-ring (bicyclic) bond motifs is 10. The average Bonchev–Trinajstić information content (AvgIpc) is 3.44. The monoisotopic (exact) mass is 625 g/mol. The van der Waals surface area contributed by atoms with Gasteiger partial charge >= 0.3 is 0 Å². The molecule has 5 heteroatoms. The van der Waals surface area contributed by atoms with Crippen molar-refractivity contribution in [3.05, 3.63) is 126 Å². The number of ether oxygens (including phenoxy) is 2. The summed E-state index contributed by atoms with van der Waals surface area (Å²) < 4.78 is 14.1.